The first-order chi connectivity index (χ1) is 9.44. The Balaban J connectivity index is 2.66. The van der Waals surface area contributed by atoms with Gasteiger partial charge in [-0.1, -0.05) is 24.3 Å². The molecule has 0 spiro atoms. The van der Waals surface area contributed by atoms with Crippen LogP contribution in [0, 0.1) is 6.92 Å². The highest BCUT2D eigenvalue weighted by molar-refractivity contribution is 5.28. The molecule has 0 aliphatic rings. The molecule has 0 aliphatic carbocycles. The molecule has 114 valence electrons. The standard InChI is InChI=1S/C17H29NO2/c1-14-9-6-7-10-15(14)16(13-18-17(2,3)4)20-12-8-11-19-5/h6-7,9-10,16,18H,8,11-13H2,1-5H3. The van der Waals surface area contributed by atoms with Gasteiger partial charge in [-0.3, -0.25) is 0 Å². The van der Waals surface area contributed by atoms with Crippen molar-refractivity contribution in [3.05, 3.63) is 35.4 Å². The third-order valence-corrected chi connectivity index (χ3v) is 3.16. The number of methoxy groups -OCH3 is 1. The molecule has 0 aliphatic heterocycles. The van der Waals surface area contributed by atoms with E-state index in [0.717, 1.165) is 26.2 Å². The quantitative estimate of drug-likeness (QED) is 0.739. The Labute approximate surface area is 123 Å². The summed E-state index contributed by atoms with van der Waals surface area (Å²) in [6.45, 7) is 10.9. The molecule has 20 heavy (non-hydrogen) atoms. The van der Waals surface area contributed by atoms with Crippen molar-refractivity contribution in [2.75, 3.05) is 26.9 Å². The number of rotatable bonds is 8. The Bertz CT molecular complexity index is 385. The zero-order chi connectivity index (χ0) is 15.0. The molecule has 0 saturated carbocycles. The zero-order valence-corrected chi connectivity index (χ0v) is 13.5. The first-order valence-corrected chi connectivity index (χ1v) is 7.35. The Morgan fingerprint density at radius 2 is 1.85 bits per heavy atom. The maximum absolute atomic E-state index is 6.06. The minimum Gasteiger partial charge on any atom is -0.385 e. The first-order valence-electron chi connectivity index (χ1n) is 7.35. The van der Waals surface area contributed by atoms with Crippen LogP contribution < -0.4 is 5.32 Å². The fourth-order valence-electron chi connectivity index (χ4n) is 2.03. The maximum atomic E-state index is 6.06. The molecule has 1 rings (SSSR count). The van der Waals surface area contributed by atoms with Gasteiger partial charge in [0.05, 0.1) is 6.10 Å². The summed E-state index contributed by atoms with van der Waals surface area (Å²) in [5.74, 6) is 0. The average molecular weight is 279 g/mol. The molecule has 1 aromatic rings. The molecule has 1 atom stereocenters. The van der Waals surface area contributed by atoms with E-state index in [1.807, 2.05) is 0 Å². The van der Waals surface area contributed by atoms with Crippen LogP contribution in [0.5, 0.6) is 0 Å². The summed E-state index contributed by atoms with van der Waals surface area (Å²) in [6.07, 6.45) is 1.02. The number of hydrogen-bond donors (Lipinski definition) is 1. The van der Waals surface area contributed by atoms with Gasteiger partial charge >= 0.3 is 0 Å². The van der Waals surface area contributed by atoms with Gasteiger partial charge in [-0.15, -0.1) is 0 Å². The summed E-state index contributed by atoms with van der Waals surface area (Å²) in [5, 5.41) is 3.53. The lowest BCUT2D eigenvalue weighted by atomic mass is 10.0. The fourth-order valence-corrected chi connectivity index (χ4v) is 2.03. The van der Waals surface area contributed by atoms with Gasteiger partial charge < -0.3 is 14.8 Å². The number of ether oxygens (including phenoxy) is 2. The molecular formula is C17H29NO2. The normalized spacial score (nSPS) is 13.4. The monoisotopic (exact) mass is 279 g/mol. The second-order valence-corrected chi connectivity index (χ2v) is 6.19. The van der Waals surface area contributed by atoms with Crippen molar-refractivity contribution in [1.29, 1.82) is 0 Å². The summed E-state index contributed by atoms with van der Waals surface area (Å²) in [5.41, 5.74) is 2.64. The minimum absolute atomic E-state index is 0.0901. The van der Waals surface area contributed by atoms with E-state index in [4.69, 9.17) is 9.47 Å². The molecule has 1 N–H and O–H groups in total. The van der Waals surface area contributed by atoms with Gasteiger partial charge in [-0.05, 0) is 45.2 Å². The Morgan fingerprint density at radius 1 is 1.15 bits per heavy atom. The summed E-state index contributed by atoms with van der Waals surface area (Å²) in [6, 6.07) is 8.43. The van der Waals surface area contributed by atoms with Crippen molar-refractivity contribution in [3.63, 3.8) is 0 Å². The molecule has 0 radical (unpaired) electrons. The third kappa shape index (κ3) is 6.51. The van der Waals surface area contributed by atoms with Crippen molar-refractivity contribution < 1.29 is 9.47 Å². The average Bonchev–Trinajstić information content (AvgIpc) is 2.38. The van der Waals surface area contributed by atoms with Crippen molar-refractivity contribution in [2.45, 2.75) is 45.8 Å². The number of benzene rings is 1. The van der Waals surface area contributed by atoms with Gasteiger partial charge in [-0.2, -0.15) is 0 Å². The van der Waals surface area contributed by atoms with E-state index in [0.29, 0.717) is 0 Å². The SMILES string of the molecule is COCCCOC(CNC(C)(C)C)c1ccccc1C. The highest BCUT2D eigenvalue weighted by atomic mass is 16.5. The number of hydrogen-bond acceptors (Lipinski definition) is 3. The molecule has 1 unspecified atom stereocenters. The summed E-state index contributed by atoms with van der Waals surface area (Å²) >= 11 is 0. The lowest BCUT2D eigenvalue weighted by molar-refractivity contribution is 0.0350. The van der Waals surface area contributed by atoms with E-state index in [1.54, 1.807) is 7.11 Å². The fraction of sp³-hybridized carbons (Fsp3) is 0.647. The molecule has 0 amide bonds. The molecule has 0 bridgehead atoms. The lowest BCUT2D eigenvalue weighted by Gasteiger charge is -2.26. The van der Waals surface area contributed by atoms with Crippen LogP contribution in [0.2, 0.25) is 0 Å². The molecular weight excluding hydrogens is 250 g/mol. The van der Waals surface area contributed by atoms with E-state index in [9.17, 15) is 0 Å². The first kappa shape index (κ1) is 17.2. The van der Waals surface area contributed by atoms with Gasteiger partial charge in [-0.25, -0.2) is 0 Å². The van der Waals surface area contributed by atoms with E-state index >= 15 is 0 Å². The summed E-state index contributed by atoms with van der Waals surface area (Å²) in [7, 11) is 1.72. The van der Waals surface area contributed by atoms with Crippen LogP contribution in [0.3, 0.4) is 0 Å². The molecule has 0 aromatic heterocycles. The second kappa shape index (κ2) is 8.40. The van der Waals surface area contributed by atoms with Crippen LogP contribution in [-0.4, -0.2) is 32.4 Å². The van der Waals surface area contributed by atoms with E-state index in [-0.39, 0.29) is 11.6 Å². The van der Waals surface area contributed by atoms with Crippen molar-refractivity contribution in [2.24, 2.45) is 0 Å². The third-order valence-electron chi connectivity index (χ3n) is 3.16. The van der Waals surface area contributed by atoms with Crippen LogP contribution in [0.25, 0.3) is 0 Å². The second-order valence-electron chi connectivity index (χ2n) is 6.19. The van der Waals surface area contributed by atoms with Crippen LogP contribution in [0.4, 0.5) is 0 Å². The van der Waals surface area contributed by atoms with Crippen LogP contribution in [0.15, 0.2) is 24.3 Å². The largest absolute Gasteiger partial charge is 0.385 e. The highest BCUT2D eigenvalue weighted by Crippen LogP contribution is 2.21. The van der Waals surface area contributed by atoms with Gasteiger partial charge in [0.1, 0.15) is 0 Å². The molecule has 1 aromatic carbocycles. The lowest BCUT2D eigenvalue weighted by Crippen LogP contribution is -2.39. The van der Waals surface area contributed by atoms with Crippen LogP contribution >= 0.6 is 0 Å². The zero-order valence-electron chi connectivity index (χ0n) is 13.5. The number of nitrogens with one attached hydrogen (secondary N) is 1. The van der Waals surface area contributed by atoms with E-state index in [1.165, 1.54) is 11.1 Å². The van der Waals surface area contributed by atoms with Gasteiger partial charge in [0.15, 0.2) is 0 Å². The molecule has 3 heteroatoms. The minimum atomic E-state index is 0.0901. The topological polar surface area (TPSA) is 30.5 Å². The Kier molecular flexibility index (Phi) is 7.20. The molecule has 0 fully saturated rings. The van der Waals surface area contributed by atoms with Gasteiger partial charge in [0, 0.05) is 32.4 Å². The Morgan fingerprint density at radius 3 is 2.45 bits per heavy atom. The Hall–Kier alpha value is -0.900. The van der Waals surface area contributed by atoms with E-state index < -0.39 is 0 Å². The summed E-state index contributed by atoms with van der Waals surface area (Å²) < 4.78 is 11.1. The molecule has 3 nitrogen and oxygen atoms in total. The number of aryl methyl sites for hydroxylation is 1. The van der Waals surface area contributed by atoms with Crippen molar-refractivity contribution in [1.82, 2.24) is 5.32 Å². The highest BCUT2D eigenvalue weighted by Gasteiger charge is 2.17. The van der Waals surface area contributed by atoms with Crippen LogP contribution in [0.1, 0.15) is 44.4 Å². The molecule has 0 heterocycles. The van der Waals surface area contributed by atoms with Crippen LogP contribution in [-0.2, 0) is 9.47 Å². The molecule has 0 saturated heterocycles. The predicted molar refractivity (Wildman–Crippen MR) is 84.1 cm³/mol. The van der Waals surface area contributed by atoms with Gasteiger partial charge in [0.25, 0.3) is 0 Å². The summed E-state index contributed by atoms with van der Waals surface area (Å²) in [4.78, 5) is 0. The predicted octanol–water partition coefficient (Wildman–Crippen LogP) is 3.48. The van der Waals surface area contributed by atoms with Crippen molar-refractivity contribution in [3.8, 4) is 0 Å². The van der Waals surface area contributed by atoms with E-state index in [2.05, 4.69) is 57.3 Å². The maximum Gasteiger partial charge on any atom is 0.0951 e. The van der Waals surface area contributed by atoms with Gasteiger partial charge in [0.2, 0.25) is 0 Å². The smallest absolute Gasteiger partial charge is 0.0951 e. The van der Waals surface area contributed by atoms with Crippen molar-refractivity contribution >= 4 is 0 Å².